The Bertz CT molecular complexity index is 272. The van der Waals surface area contributed by atoms with Crippen molar-refractivity contribution in [1.29, 1.82) is 0 Å². The first kappa shape index (κ1) is 9.74. The summed E-state index contributed by atoms with van der Waals surface area (Å²) in [6.45, 7) is 6.70. The Balaban J connectivity index is 2.83. The Morgan fingerprint density at radius 3 is 2.58 bits per heavy atom. The van der Waals surface area contributed by atoms with E-state index in [-0.39, 0.29) is 5.54 Å². The summed E-state index contributed by atoms with van der Waals surface area (Å²) in [7, 11) is 0. The van der Waals surface area contributed by atoms with E-state index in [1.54, 1.807) is 0 Å². The summed E-state index contributed by atoms with van der Waals surface area (Å²) >= 11 is 3.45. The molecule has 3 nitrogen and oxygen atoms in total. The van der Waals surface area contributed by atoms with Crippen LogP contribution in [0.3, 0.4) is 0 Å². The molecular formula is C8H14BrN3. The van der Waals surface area contributed by atoms with Crippen LogP contribution in [0.5, 0.6) is 0 Å². The standard InChI is InChI=1S/C8H14BrN3/c1-6-4-11-12(7(6)9)5-8(2,3)10/h4H,5,10H2,1-3H3. The number of nitrogens with two attached hydrogens (primary N) is 1. The maximum atomic E-state index is 5.86. The summed E-state index contributed by atoms with van der Waals surface area (Å²) in [6, 6.07) is 0. The van der Waals surface area contributed by atoms with Gasteiger partial charge < -0.3 is 5.73 Å². The average molecular weight is 232 g/mol. The van der Waals surface area contributed by atoms with Gasteiger partial charge in [-0.1, -0.05) is 0 Å². The van der Waals surface area contributed by atoms with Crippen LogP contribution in [0.4, 0.5) is 0 Å². The molecule has 2 N–H and O–H groups in total. The molecule has 0 atom stereocenters. The van der Waals surface area contributed by atoms with Gasteiger partial charge in [0, 0.05) is 11.1 Å². The molecule has 0 fully saturated rings. The Labute approximate surface area is 81.1 Å². The van der Waals surface area contributed by atoms with E-state index in [4.69, 9.17) is 5.73 Å². The van der Waals surface area contributed by atoms with Gasteiger partial charge in [-0.05, 0) is 36.7 Å². The molecule has 0 radical (unpaired) electrons. The third-order valence-corrected chi connectivity index (χ3v) is 2.53. The first-order chi connectivity index (χ1) is 5.40. The van der Waals surface area contributed by atoms with Gasteiger partial charge in [0.1, 0.15) is 4.60 Å². The number of aryl methyl sites for hydroxylation is 1. The molecule has 0 aromatic carbocycles. The van der Waals surface area contributed by atoms with Crippen molar-refractivity contribution in [2.24, 2.45) is 5.73 Å². The lowest BCUT2D eigenvalue weighted by Gasteiger charge is -2.18. The fourth-order valence-corrected chi connectivity index (χ4v) is 1.28. The monoisotopic (exact) mass is 231 g/mol. The summed E-state index contributed by atoms with van der Waals surface area (Å²) in [5, 5.41) is 4.19. The van der Waals surface area contributed by atoms with Gasteiger partial charge in [-0.25, -0.2) is 0 Å². The van der Waals surface area contributed by atoms with Crippen LogP contribution in [0.15, 0.2) is 10.8 Å². The Morgan fingerprint density at radius 1 is 1.67 bits per heavy atom. The first-order valence-corrected chi connectivity index (χ1v) is 4.66. The van der Waals surface area contributed by atoms with Crippen LogP contribution in [-0.2, 0) is 6.54 Å². The highest BCUT2D eigenvalue weighted by atomic mass is 79.9. The van der Waals surface area contributed by atoms with Crippen molar-refractivity contribution in [3.8, 4) is 0 Å². The second-order valence-electron chi connectivity index (χ2n) is 3.76. The largest absolute Gasteiger partial charge is 0.324 e. The molecule has 1 aromatic heterocycles. The van der Waals surface area contributed by atoms with Crippen molar-refractivity contribution >= 4 is 15.9 Å². The normalized spacial score (nSPS) is 12.1. The number of rotatable bonds is 2. The minimum atomic E-state index is -0.221. The zero-order valence-corrected chi connectivity index (χ0v) is 9.22. The van der Waals surface area contributed by atoms with Crippen molar-refractivity contribution in [3.63, 3.8) is 0 Å². The molecule has 68 valence electrons. The van der Waals surface area contributed by atoms with E-state index < -0.39 is 0 Å². The lowest BCUT2D eigenvalue weighted by Crippen LogP contribution is -2.37. The van der Waals surface area contributed by atoms with E-state index in [0.29, 0.717) is 0 Å². The summed E-state index contributed by atoms with van der Waals surface area (Å²) in [5.41, 5.74) is 6.78. The van der Waals surface area contributed by atoms with Gasteiger partial charge in [-0.2, -0.15) is 5.10 Å². The maximum absolute atomic E-state index is 5.86. The number of hydrogen-bond donors (Lipinski definition) is 1. The van der Waals surface area contributed by atoms with E-state index >= 15 is 0 Å². The topological polar surface area (TPSA) is 43.8 Å². The second kappa shape index (κ2) is 3.18. The second-order valence-corrected chi connectivity index (χ2v) is 4.52. The minimum absolute atomic E-state index is 0.221. The third-order valence-electron chi connectivity index (χ3n) is 1.50. The van der Waals surface area contributed by atoms with E-state index in [2.05, 4.69) is 21.0 Å². The number of hydrogen-bond acceptors (Lipinski definition) is 2. The molecule has 0 aliphatic carbocycles. The summed E-state index contributed by atoms with van der Waals surface area (Å²) in [6.07, 6.45) is 1.83. The van der Waals surface area contributed by atoms with Crippen LogP contribution in [0.25, 0.3) is 0 Å². The molecule has 1 rings (SSSR count). The molecule has 0 amide bonds. The van der Waals surface area contributed by atoms with Gasteiger partial charge in [0.25, 0.3) is 0 Å². The zero-order valence-electron chi connectivity index (χ0n) is 7.63. The molecule has 0 aliphatic rings. The van der Waals surface area contributed by atoms with Crippen LogP contribution in [0.2, 0.25) is 0 Å². The minimum Gasteiger partial charge on any atom is -0.324 e. The Hall–Kier alpha value is -0.350. The molecule has 0 saturated heterocycles. The van der Waals surface area contributed by atoms with Crippen LogP contribution >= 0.6 is 15.9 Å². The molecule has 1 aromatic rings. The molecule has 0 saturated carbocycles. The van der Waals surface area contributed by atoms with Crippen molar-refractivity contribution in [3.05, 3.63) is 16.4 Å². The highest BCUT2D eigenvalue weighted by molar-refractivity contribution is 9.10. The van der Waals surface area contributed by atoms with Crippen molar-refractivity contribution in [2.45, 2.75) is 32.9 Å². The summed E-state index contributed by atoms with van der Waals surface area (Å²) in [4.78, 5) is 0. The van der Waals surface area contributed by atoms with Gasteiger partial charge in [-0.15, -0.1) is 0 Å². The Kier molecular flexibility index (Phi) is 2.58. The van der Waals surface area contributed by atoms with Crippen LogP contribution in [0, 0.1) is 6.92 Å². The number of aromatic nitrogens is 2. The predicted octanol–water partition coefficient (Wildman–Crippen LogP) is 1.69. The summed E-state index contributed by atoms with van der Waals surface area (Å²) < 4.78 is 2.89. The van der Waals surface area contributed by atoms with E-state index in [9.17, 15) is 0 Å². The molecule has 0 spiro atoms. The smallest absolute Gasteiger partial charge is 0.107 e. The predicted molar refractivity (Wildman–Crippen MR) is 52.9 cm³/mol. The van der Waals surface area contributed by atoms with Crippen molar-refractivity contribution in [1.82, 2.24) is 9.78 Å². The molecule has 0 bridgehead atoms. The molecule has 1 heterocycles. The van der Waals surface area contributed by atoms with Crippen molar-refractivity contribution in [2.75, 3.05) is 0 Å². The lowest BCUT2D eigenvalue weighted by molar-refractivity contribution is 0.403. The molecule has 0 aliphatic heterocycles. The third kappa shape index (κ3) is 2.32. The van der Waals surface area contributed by atoms with Gasteiger partial charge in [0.2, 0.25) is 0 Å². The van der Waals surface area contributed by atoms with Gasteiger partial charge >= 0.3 is 0 Å². The molecular weight excluding hydrogens is 218 g/mol. The van der Waals surface area contributed by atoms with E-state index in [1.807, 2.05) is 31.6 Å². The van der Waals surface area contributed by atoms with Crippen LogP contribution in [0.1, 0.15) is 19.4 Å². The SMILES string of the molecule is Cc1cnn(CC(C)(C)N)c1Br. The van der Waals surface area contributed by atoms with E-state index in [0.717, 1.165) is 16.7 Å². The Morgan fingerprint density at radius 2 is 2.25 bits per heavy atom. The molecule has 4 heteroatoms. The highest BCUT2D eigenvalue weighted by Crippen LogP contribution is 2.16. The maximum Gasteiger partial charge on any atom is 0.107 e. The number of halogens is 1. The number of nitrogens with zero attached hydrogens (tertiary/aromatic N) is 2. The summed E-state index contributed by atoms with van der Waals surface area (Å²) in [5.74, 6) is 0. The van der Waals surface area contributed by atoms with Crippen molar-refractivity contribution < 1.29 is 0 Å². The average Bonchev–Trinajstić information content (AvgIpc) is 2.16. The highest BCUT2D eigenvalue weighted by Gasteiger charge is 2.14. The zero-order chi connectivity index (χ0) is 9.35. The molecule has 0 unspecified atom stereocenters. The molecule has 12 heavy (non-hydrogen) atoms. The quantitative estimate of drug-likeness (QED) is 0.843. The van der Waals surface area contributed by atoms with E-state index in [1.165, 1.54) is 0 Å². The fraction of sp³-hybridized carbons (Fsp3) is 0.625. The van der Waals surface area contributed by atoms with Crippen LogP contribution in [-0.4, -0.2) is 15.3 Å². The van der Waals surface area contributed by atoms with Gasteiger partial charge in [-0.3, -0.25) is 4.68 Å². The fourth-order valence-electron chi connectivity index (χ4n) is 0.960. The van der Waals surface area contributed by atoms with Gasteiger partial charge in [0.15, 0.2) is 0 Å². The van der Waals surface area contributed by atoms with Gasteiger partial charge in [0.05, 0.1) is 12.7 Å². The lowest BCUT2D eigenvalue weighted by atomic mass is 10.1. The van der Waals surface area contributed by atoms with Crippen LogP contribution < -0.4 is 5.73 Å². The first-order valence-electron chi connectivity index (χ1n) is 3.87.